The van der Waals surface area contributed by atoms with Gasteiger partial charge in [-0.05, 0) is 78.3 Å². The van der Waals surface area contributed by atoms with E-state index in [1.807, 2.05) is 79.7 Å². The van der Waals surface area contributed by atoms with Crippen LogP contribution in [0, 0.1) is 0 Å². The fraction of sp³-hybridized carbons (Fsp3) is 0.318. The second-order valence-electron chi connectivity index (χ2n) is 12.9. The van der Waals surface area contributed by atoms with Crippen LogP contribution in [0.4, 0.5) is 0 Å². The lowest BCUT2D eigenvalue weighted by Gasteiger charge is -2.52. The molecule has 1 aliphatic heterocycles. The molecule has 5 unspecified atom stereocenters. The SMILES string of the molecule is CCOc1ccc(Cc2cc(C3(CC)OC(C)C(OCc4ccccc4)C(OCc4ccccc4)C3OCc3ccccc3)ccc2Cl)cc1. The highest BCUT2D eigenvalue weighted by Gasteiger charge is 2.55. The van der Waals surface area contributed by atoms with Gasteiger partial charge >= 0.3 is 0 Å². The van der Waals surface area contributed by atoms with Gasteiger partial charge in [-0.3, -0.25) is 0 Å². The Hall–Kier alpha value is -3.97. The Kier molecular flexibility index (Phi) is 12.4. The van der Waals surface area contributed by atoms with Crippen molar-refractivity contribution in [2.75, 3.05) is 6.61 Å². The Labute approximate surface area is 302 Å². The molecule has 0 spiro atoms. The molecule has 0 saturated carbocycles. The third-order valence-electron chi connectivity index (χ3n) is 9.47. The van der Waals surface area contributed by atoms with E-state index in [0.29, 0.717) is 44.3 Å². The van der Waals surface area contributed by atoms with Crippen molar-refractivity contribution in [2.45, 2.75) is 83.5 Å². The van der Waals surface area contributed by atoms with Crippen LogP contribution in [0.5, 0.6) is 5.75 Å². The highest BCUT2D eigenvalue weighted by atomic mass is 35.5. The minimum Gasteiger partial charge on any atom is -0.494 e. The summed E-state index contributed by atoms with van der Waals surface area (Å²) in [6, 6.07) is 45.2. The minimum atomic E-state index is -0.847. The smallest absolute Gasteiger partial charge is 0.122 e. The average molecular weight is 691 g/mol. The van der Waals surface area contributed by atoms with Gasteiger partial charge in [0, 0.05) is 5.02 Å². The van der Waals surface area contributed by atoms with Gasteiger partial charge in [0.25, 0.3) is 0 Å². The van der Waals surface area contributed by atoms with Crippen molar-refractivity contribution in [3.63, 3.8) is 0 Å². The van der Waals surface area contributed by atoms with Crippen LogP contribution in [-0.4, -0.2) is 31.0 Å². The van der Waals surface area contributed by atoms with Crippen molar-refractivity contribution in [1.29, 1.82) is 0 Å². The van der Waals surface area contributed by atoms with Gasteiger partial charge in [0.1, 0.15) is 29.7 Å². The van der Waals surface area contributed by atoms with E-state index in [1.54, 1.807) is 0 Å². The fourth-order valence-corrected chi connectivity index (χ4v) is 7.08. The van der Waals surface area contributed by atoms with Gasteiger partial charge in [-0.25, -0.2) is 0 Å². The number of benzene rings is 5. The lowest BCUT2D eigenvalue weighted by Crippen LogP contribution is -2.64. The Morgan fingerprint density at radius 1 is 0.620 bits per heavy atom. The van der Waals surface area contributed by atoms with Gasteiger partial charge in [-0.1, -0.05) is 134 Å². The first-order valence-corrected chi connectivity index (χ1v) is 18.0. The molecule has 5 atom stereocenters. The predicted molar refractivity (Wildman–Crippen MR) is 199 cm³/mol. The summed E-state index contributed by atoms with van der Waals surface area (Å²) >= 11 is 6.89. The molecule has 0 bridgehead atoms. The van der Waals surface area contributed by atoms with Crippen LogP contribution in [0.3, 0.4) is 0 Å². The Morgan fingerprint density at radius 2 is 1.16 bits per heavy atom. The molecule has 5 aromatic rings. The largest absolute Gasteiger partial charge is 0.494 e. The molecule has 0 amide bonds. The van der Waals surface area contributed by atoms with Crippen LogP contribution in [0.15, 0.2) is 133 Å². The summed E-state index contributed by atoms with van der Waals surface area (Å²) in [5.41, 5.74) is 5.57. The third-order valence-corrected chi connectivity index (χ3v) is 9.84. The molecule has 0 radical (unpaired) electrons. The van der Waals surface area contributed by atoms with Crippen LogP contribution in [0.1, 0.15) is 60.6 Å². The number of hydrogen-bond acceptors (Lipinski definition) is 5. The van der Waals surface area contributed by atoms with E-state index in [1.165, 1.54) is 0 Å². The molecule has 1 fully saturated rings. The van der Waals surface area contributed by atoms with E-state index in [9.17, 15) is 0 Å². The Bertz CT molecular complexity index is 1750. The number of hydrogen-bond donors (Lipinski definition) is 0. The van der Waals surface area contributed by atoms with Crippen LogP contribution in [0.25, 0.3) is 0 Å². The molecule has 6 heteroatoms. The fourth-order valence-electron chi connectivity index (χ4n) is 6.89. The summed E-state index contributed by atoms with van der Waals surface area (Å²) in [6.45, 7) is 8.11. The summed E-state index contributed by atoms with van der Waals surface area (Å²) < 4.78 is 33.5. The van der Waals surface area contributed by atoms with Crippen molar-refractivity contribution >= 4 is 11.6 Å². The maximum Gasteiger partial charge on any atom is 0.122 e. The molecule has 50 heavy (non-hydrogen) atoms. The van der Waals surface area contributed by atoms with E-state index in [-0.39, 0.29) is 6.10 Å². The van der Waals surface area contributed by atoms with E-state index in [0.717, 1.165) is 39.1 Å². The number of rotatable bonds is 15. The second-order valence-corrected chi connectivity index (χ2v) is 13.3. The molecule has 0 aromatic heterocycles. The molecular weight excluding hydrogens is 644 g/mol. The highest BCUT2D eigenvalue weighted by molar-refractivity contribution is 6.31. The zero-order chi connectivity index (χ0) is 34.8. The van der Waals surface area contributed by atoms with E-state index in [2.05, 4.69) is 74.5 Å². The maximum atomic E-state index is 7.19. The summed E-state index contributed by atoms with van der Waals surface area (Å²) in [5.74, 6) is 0.856. The van der Waals surface area contributed by atoms with Crippen molar-refractivity contribution in [1.82, 2.24) is 0 Å². The summed E-state index contributed by atoms with van der Waals surface area (Å²) in [4.78, 5) is 0. The first-order chi connectivity index (χ1) is 24.5. The lowest BCUT2D eigenvalue weighted by molar-refractivity contribution is -0.304. The lowest BCUT2D eigenvalue weighted by atomic mass is 9.77. The van der Waals surface area contributed by atoms with Gasteiger partial charge in [0.05, 0.1) is 32.5 Å². The molecule has 0 N–H and O–H groups in total. The molecule has 1 heterocycles. The topological polar surface area (TPSA) is 46.2 Å². The molecule has 5 aromatic carbocycles. The summed E-state index contributed by atoms with van der Waals surface area (Å²) in [5, 5.41) is 0.709. The van der Waals surface area contributed by atoms with E-state index >= 15 is 0 Å². The molecule has 1 saturated heterocycles. The molecule has 0 aliphatic carbocycles. The van der Waals surface area contributed by atoms with Gasteiger partial charge in [0.2, 0.25) is 0 Å². The van der Waals surface area contributed by atoms with Crippen LogP contribution in [-0.2, 0) is 50.8 Å². The normalized spacial score (nSPS) is 21.9. The standard InChI is InChI=1S/C44H47ClO5/c1-4-44(38-23-26-40(45)37(28-38)27-33-21-24-39(25-22-33)46-5-2)43(49-31-36-19-13-8-14-20-36)42(48-30-35-17-11-7-12-18-35)41(32(3)50-44)47-29-34-15-9-6-10-16-34/h6-26,28,32,41-43H,4-5,27,29-31H2,1-3H3. The van der Waals surface area contributed by atoms with Gasteiger partial charge in [-0.15, -0.1) is 0 Å². The second kappa shape index (κ2) is 17.3. The molecular formula is C44H47ClO5. The monoisotopic (exact) mass is 690 g/mol. The predicted octanol–water partition coefficient (Wildman–Crippen LogP) is 10.1. The van der Waals surface area contributed by atoms with Crippen molar-refractivity contribution in [2.24, 2.45) is 0 Å². The maximum absolute atomic E-state index is 7.19. The zero-order valence-electron chi connectivity index (χ0n) is 29.2. The molecule has 5 nitrogen and oxygen atoms in total. The Balaban J connectivity index is 1.38. The molecule has 6 rings (SSSR count). The number of halogens is 1. The molecule has 1 aliphatic rings. The van der Waals surface area contributed by atoms with Crippen LogP contribution < -0.4 is 4.74 Å². The van der Waals surface area contributed by atoms with Crippen molar-refractivity contribution in [3.05, 3.63) is 172 Å². The van der Waals surface area contributed by atoms with Crippen molar-refractivity contribution < 1.29 is 23.7 Å². The van der Waals surface area contributed by atoms with Crippen LogP contribution in [0.2, 0.25) is 5.02 Å². The van der Waals surface area contributed by atoms with Gasteiger partial charge in [0.15, 0.2) is 0 Å². The first-order valence-electron chi connectivity index (χ1n) is 17.6. The summed E-state index contributed by atoms with van der Waals surface area (Å²) in [6.07, 6.45) is -0.334. The number of ether oxygens (including phenoxy) is 5. The Morgan fingerprint density at radius 3 is 1.70 bits per heavy atom. The zero-order valence-corrected chi connectivity index (χ0v) is 29.9. The first kappa shape index (κ1) is 35.8. The summed E-state index contributed by atoms with van der Waals surface area (Å²) in [7, 11) is 0. The highest BCUT2D eigenvalue weighted by Crippen LogP contribution is 2.46. The molecule has 260 valence electrons. The minimum absolute atomic E-state index is 0.304. The third kappa shape index (κ3) is 8.66. The van der Waals surface area contributed by atoms with E-state index < -0.39 is 23.9 Å². The van der Waals surface area contributed by atoms with E-state index in [4.69, 9.17) is 35.3 Å². The average Bonchev–Trinajstić information content (AvgIpc) is 3.16. The quantitative estimate of drug-likeness (QED) is 0.109. The van der Waals surface area contributed by atoms with Gasteiger partial charge < -0.3 is 23.7 Å². The van der Waals surface area contributed by atoms with Crippen molar-refractivity contribution in [3.8, 4) is 5.75 Å². The van der Waals surface area contributed by atoms with Gasteiger partial charge in [-0.2, -0.15) is 0 Å². The van der Waals surface area contributed by atoms with Crippen LogP contribution >= 0.6 is 11.6 Å².